The molecule has 1 saturated carbocycles. The van der Waals surface area contributed by atoms with E-state index in [4.69, 9.17) is 0 Å². The number of likely N-dealkylation sites (tertiary alicyclic amines) is 1. The molecule has 214 valence electrons. The molecule has 2 fully saturated rings. The highest BCUT2D eigenvalue weighted by Gasteiger charge is 2.55. The summed E-state index contributed by atoms with van der Waals surface area (Å²) in [5, 5.41) is 0. The molecule has 0 amide bonds. The van der Waals surface area contributed by atoms with Crippen molar-refractivity contribution < 1.29 is 4.79 Å². The fourth-order valence-electron chi connectivity index (χ4n) is 5.35. The maximum atomic E-state index is 13.5. The zero-order valence-electron chi connectivity index (χ0n) is 26.7. The molecule has 2 aliphatic rings. The van der Waals surface area contributed by atoms with Crippen LogP contribution >= 0.6 is 0 Å². The molecule has 2 aromatic carbocycles. The van der Waals surface area contributed by atoms with E-state index < -0.39 is 0 Å². The van der Waals surface area contributed by atoms with Crippen LogP contribution in [-0.2, 0) is 4.79 Å². The summed E-state index contributed by atoms with van der Waals surface area (Å²) < 4.78 is 0. The van der Waals surface area contributed by atoms with E-state index in [1.165, 1.54) is 11.1 Å². The largest absolute Gasteiger partial charge is 0.299 e. The highest BCUT2D eigenvalue weighted by molar-refractivity contribution is 5.89. The minimum Gasteiger partial charge on any atom is -0.299 e. The van der Waals surface area contributed by atoms with Crippen LogP contribution in [0, 0.1) is 17.3 Å². The number of benzene rings is 2. The third-order valence-corrected chi connectivity index (χ3v) is 6.52. The van der Waals surface area contributed by atoms with Crippen molar-refractivity contribution in [1.29, 1.82) is 0 Å². The molecule has 1 heterocycles. The molecule has 0 N–H and O–H groups in total. The van der Waals surface area contributed by atoms with Crippen molar-refractivity contribution in [2.45, 2.75) is 120 Å². The van der Waals surface area contributed by atoms with E-state index in [0.29, 0.717) is 18.1 Å². The van der Waals surface area contributed by atoms with Gasteiger partial charge in [-0.2, -0.15) is 0 Å². The zero-order chi connectivity index (χ0) is 29.4. The summed E-state index contributed by atoms with van der Waals surface area (Å²) in [6, 6.07) is 21.4. The van der Waals surface area contributed by atoms with E-state index in [9.17, 15) is 4.79 Å². The summed E-state index contributed by atoms with van der Waals surface area (Å²) >= 11 is 0. The Hall–Kier alpha value is -2.37. The second-order valence-electron chi connectivity index (χ2n) is 8.19. The van der Waals surface area contributed by atoms with Crippen LogP contribution in [-0.4, -0.2) is 23.8 Å². The third-order valence-electron chi connectivity index (χ3n) is 6.52. The van der Waals surface area contributed by atoms with E-state index in [-0.39, 0.29) is 11.5 Å². The van der Waals surface area contributed by atoms with E-state index in [1.54, 1.807) is 0 Å². The average molecular weight is 522 g/mol. The van der Waals surface area contributed by atoms with Crippen LogP contribution in [0.15, 0.2) is 60.7 Å². The van der Waals surface area contributed by atoms with Gasteiger partial charge >= 0.3 is 0 Å². The Morgan fingerprint density at radius 2 is 1.26 bits per heavy atom. The van der Waals surface area contributed by atoms with Crippen LogP contribution in [0.5, 0.6) is 0 Å². The Bertz CT molecular complexity index is 864. The van der Waals surface area contributed by atoms with E-state index in [1.807, 2.05) is 69.2 Å². The summed E-state index contributed by atoms with van der Waals surface area (Å²) in [4.78, 5) is 16.0. The van der Waals surface area contributed by atoms with Gasteiger partial charge in [0.05, 0.1) is 6.54 Å². The molecule has 0 aromatic heterocycles. The minimum atomic E-state index is -0.284. The van der Waals surface area contributed by atoms with Crippen molar-refractivity contribution in [3.63, 3.8) is 0 Å². The lowest BCUT2D eigenvalue weighted by molar-refractivity contribution is -0.132. The fourth-order valence-corrected chi connectivity index (χ4v) is 5.35. The summed E-state index contributed by atoms with van der Waals surface area (Å²) in [6.07, 6.45) is 4.57. The standard InChI is InChI=1S/C26H29NO.5C2H6/c1-2-3-10-17-27-18-11-16-26(25(27)22-14-8-5-9-15-22)20-23(19-24(26)28)21-12-6-4-7-13-21;5*1-2/h4-9,12-15,23,25H,2,11,16-20H2,1H3;5*1-2H3. The van der Waals surface area contributed by atoms with Gasteiger partial charge in [-0.1, -0.05) is 143 Å². The molecule has 1 saturated heterocycles. The first kappa shape index (κ1) is 37.8. The zero-order valence-corrected chi connectivity index (χ0v) is 26.7. The highest BCUT2D eigenvalue weighted by Crippen LogP contribution is 2.57. The number of rotatable bonds is 3. The molecule has 1 aliphatic carbocycles. The number of Topliss-reactive ketones (excluding diaryl/α,β-unsaturated/α-hetero) is 1. The van der Waals surface area contributed by atoms with Gasteiger partial charge in [-0.25, -0.2) is 0 Å². The number of piperidine rings is 1. The predicted molar refractivity (Wildman–Crippen MR) is 171 cm³/mol. The fraction of sp³-hybridized carbons (Fsp3) is 0.583. The van der Waals surface area contributed by atoms with Gasteiger partial charge in [-0.15, -0.1) is 5.92 Å². The van der Waals surface area contributed by atoms with Gasteiger partial charge in [0.15, 0.2) is 0 Å². The second kappa shape index (κ2) is 23.7. The quantitative estimate of drug-likeness (QED) is 0.374. The van der Waals surface area contributed by atoms with E-state index in [0.717, 1.165) is 38.8 Å². The number of carbonyl (C=O) groups excluding carboxylic acids is 1. The Kier molecular flexibility index (Phi) is 23.6. The van der Waals surface area contributed by atoms with Crippen LogP contribution in [0.4, 0.5) is 0 Å². The summed E-state index contributed by atoms with van der Waals surface area (Å²) in [7, 11) is 0. The van der Waals surface area contributed by atoms with Gasteiger partial charge in [0.25, 0.3) is 0 Å². The van der Waals surface area contributed by atoms with Gasteiger partial charge < -0.3 is 0 Å². The lowest BCUT2D eigenvalue weighted by Gasteiger charge is -2.47. The van der Waals surface area contributed by atoms with Crippen LogP contribution < -0.4 is 0 Å². The van der Waals surface area contributed by atoms with Crippen molar-refractivity contribution in [2.75, 3.05) is 13.1 Å². The van der Waals surface area contributed by atoms with Gasteiger partial charge in [0.2, 0.25) is 0 Å². The lowest BCUT2D eigenvalue weighted by Crippen LogP contribution is -2.48. The minimum absolute atomic E-state index is 0.134. The predicted octanol–water partition coefficient (Wildman–Crippen LogP) is 10.5. The highest BCUT2D eigenvalue weighted by atomic mass is 16.1. The van der Waals surface area contributed by atoms with Gasteiger partial charge in [0.1, 0.15) is 5.78 Å². The maximum absolute atomic E-state index is 13.5. The lowest BCUT2D eigenvalue weighted by atomic mass is 9.68. The van der Waals surface area contributed by atoms with Crippen molar-refractivity contribution in [2.24, 2.45) is 5.41 Å². The summed E-state index contributed by atoms with van der Waals surface area (Å²) in [5.74, 6) is 7.33. The molecule has 4 rings (SSSR count). The van der Waals surface area contributed by atoms with Gasteiger partial charge in [-0.3, -0.25) is 9.69 Å². The Labute approximate surface area is 237 Å². The maximum Gasteiger partial charge on any atom is 0.141 e. The molecule has 2 aromatic rings. The number of hydrogen-bond acceptors (Lipinski definition) is 2. The number of hydrogen-bond donors (Lipinski definition) is 0. The van der Waals surface area contributed by atoms with Crippen molar-refractivity contribution >= 4 is 5.78 Å². The monoisotopic (exact) mass is 521 g/mol. The third kappa shape index (κ3) is 10.4. The molecule has 0 radical (unpaired) electrons. The first-order valence-corrected chi connectivity index (χ1v) is 15.6. The topological polar surface area (TPSA) is 20.3 Å². The number of nitrogens with zero attached hydrogens (tertiary/aromatic N) is 1. The molecular weight excluding hydrogens is 462 g/mol. The first-order chi connectivity index (χ1) is 18.7. The normalized spacial score (nSPS) is 21.1. The van der Waals surface area contributed by atoms with Gasteiger partial charge in [-0.05, 0) is 42.9 Å². The molecule has 3 unspecified atom stereocenters. The molecule has 2 heteroatoms. The summed E-state index contributed by atoms with van der Waals surface area (Å²) in [6.45, 7) is 23.9. The number of carbonyl (C=O) groups is 1. The van der Waals surface area contributed by atoms with E-state index >= 15 is 0 Å². The van der Waals surface area contributed by atoms with Crippen molar-refractivity contribution in [3.8, 4) is 11.8 Å². The first-order valence-electron chi connectivity index (χ1n) is 15.6. The van der Waals surface area contributed by atoms with Crippen LogP contribution in [0.25, 0.3) is 0 Å². The Morgan fingerprint density at radius 1 is 0.763 bits per heavy atom. The molecule has 3 atom stereocenters. The van der Waals surface area contributed by atoms with Crippen molar-refractivity contribution in [1.82, 2.24) is 4.90 Å². The van der Waals surface area contributed by atoms with Crippen molar-refractivity contribution in [3.05, 3.63) is 71.8 Å². The van der Waals surface area contributed by atoms with Crippen LogP contribution in [0.1, 0.15) is 131 Å². The van der Waals surface area contributed by atoms with Gasteiger partial charge in [0, 0.05) is 24.3 Å². The van der Waals surface area contributed by atoms with Crippen LogP contribution in [0.2, 0.25) is 0 Å². The molecule has 1 spiro atoms. The summed E-state index contributed by atoms with van der Waals surface area (Å²) in [5.41, 5.74) is 2.29. The Balaban J connectivity index is 0. The van der Waals surface area contributed by atoms with Crippen LogP contribution in [0.3, 0.4) is 0 Å². The van der Waals surface area contributed by atoms with E-state index in [2.05, 4.69) is 84.3 Å². The Morgan fingerprint density at radius 3 is 1.76 bits per heavy atom. The smallest absolute Gasteiger partial charge is 0.141 e. The molecule has 1 aliphatic heterocycles. The average Bonchev–Trinajstić information content (AvgIpc) is 3.35. The molecule has 0 bridgehead atoms. The SMILES string of the molecule is CC.CC.CC.CC.CC.CCC#CCN1CCCC2(CC(c3ccccc3)CC2=O)C1c1ccccc1. The molecule has 38 heavy (non-hydrogen) atoms. The second-order valence-corrected chi connectivity index (χ2v) is 8.19. The molecular formula is C36H59NO. The number of ketones is 1. The molecule has 2 nitrogen and oxygen atoms in total.